The van der Waals surface area contributed by atoms with E-state index in [2.05, 4.69) is 5.32 Å². The van der Waals surface area contributed by atoms with Gasteiger partial charge in [-0.15, -0.1) is 0 Å². The van der Waals surface area contributed by atoms with Crippen molar-refractivity contribution in [1.29, 1.82) is 0 Å². The van der Waals surface area contributed by atoms with Crippen LogP contribution in [0.15, 0.2) is 36.5 Å². The maximum Gasteiger partial charge on any atom is 0.293 e. The van der Waals surface area contributed by atoms with Crippen LogP contribution < -0.4 is 9.88 Å². The van der Waals surface area contributed by atoms with Crippen molar-refractivity contribution in [3.8, 4) is 0 Å². The van der Waals surface area contributed by atoms with Crippen LogP contribution in [-0.4, -0.2) is 10.8 Å². The van der Waals surface area contributed by atoms with Gasteiger partial charge in [0.2, 0.25) is 6.54 Å². The zero-order valence-corrected chi connectivity index (χ0v) is 12.8. The molecule has 0 aliphatic rings. The lowest BCUT2D eigenvalue weighted by Crippen LogP contribution is -2.42. The van der Waals surface area contributed by atoms with Crippen molar-refractivity contribution in [3.63, 3.8) is 0 Å². The molecule has 22 heavy (non-hydrogen) atoms. The summed E-state index contributed by atoms with van der Waals surface area (Å²) in [5.74, 6) is -0.300. The van der Waals surface area contributed by atoms with E-state index in [1.165, 1.54) is 6.07 Å². The van der Waals surface area contributed by atoms with Gasteiger partial charge in [-0.3, -0.25) is 14.9 Å². The number of benzene rings is 1. The lowest BCUT2D eigenvalue weighted by atomic mass is 10.1. The molecule has 1 amide bonds. The number of amides is 1. The number of hydrogen-bond acceptors (Lipinski definition) is 3. The summed E-state index contributed by atoms with van der Waals surface area (Å²) in [6, 6.07) is 8.72. The fraction of sp³-hybridized carbons (Fsp3) is 0.250. The summed E-state index contributed by atoms with van der Waals surface area (Å²) in [5.41, 5.74) is 2.79. The molecule has 0 spiro atoms. The molecule has 0 bridgehead atoms. The Morgan fingerprint density at radius 2 is 1.91 bits per heavy atom. The highest BCUT2D eigenvalue weighted by Crippen LogP contribution is 2.27. The Balaban J connectivity index is 2.23. The van der Waals surface area contributed by atoms with Gasteiger partial charge in [-0.05, 0) is 31.0 Å². The first-order valence-electron chi connectivity index (χ1n) is 6.89. The minimum Gasteiger partial charge on any atom is -0.315 e. The first kappa shape index (κ1) is 15.6. The van der Waals surface area contributed by atoms with Gasteiger partial charge in [0, 0.05) is 25.1 Å². The summed E-state index contributed by atoms with van der Waals surface area (Å²) < 4.78 is 1.78. The van der Waals surface area contributed by atoms with Gasteiger partial charge in [-0.2, -0.15) is 4.57 Å². The fourth-order valence-corrected chi connectivity index (χ4v) is 2.14. The SMILES string of the molecule is Cc1cc(NC(=O)C[n+]2ccccc2C)c([N+](=O)[O-])cc1C. The first-order valence-corrected chi connectivity index (χ1v) is 6.89. The second-order valence-electron chi connectivity index (χ2n) is 5.23. The lowest BCUT2D eigenvalue weighted by Gasteiger charge is -2.08. The number of pyridine rings is 1. The van der Waals surface area contributed by atoms with Crippen molar-refractivity contribution >= 4 is 17.3 Å². The number of aryl methyl sites for hydroxylation is 3. The van der Waals surface area contributed by atoms with E-state index in [-0.39, 0.29) is 23.8 Å². The number of aromatic nitrogens is 1. The zero-order valence-electron chi connectivity index (χ0n) is 12.8. The maximum atomic E-state index is 12.2. The van der Waals surface area contributed by atoms with E-state index in [0.717, 1.165) is 16.8 Å². The van der Waals surface area contributed by atoms with Gasteiger partial charge in [0.25, 0.3) is 11.6 Å². The molecule has 0 unspecified atom stereocenters. The molecule has 2 aromatic rings. The maximum absolute atomic E-state index is 12.2. The molecule has 1 aromatic carbocycles. The van der Waals surface area contributed by atoms with E-state index >= 15 is 0 Å². The smallest absolute Gasteiger partial charge is 0.293 e. The highest BCUT2D eigenvalue weighted by atomic mass is 16.6. The third-order valence-electron chi connectivity index (χ3n) is 3.56. The summed E-state index contributed by atoms with van der Waals surface area (Å²) in [6.07, 6.45) is 1.80. The van der Waals surface area contributed by atoms with E-state index in [1.54, 1.807) is 23.8 Å². The molecule has 0 radical (unpaired) electrons. The Hall–Kier alpha value is -2.76. The van der Waals surface area contributed by atoms with Crippen molar-refractivity contribution < 1.29 is 14.3 Å². The third-order valence-corrected chi connectivity index (χ3v) is 3.56. The van der Waals surface area contributed by atoms with E-state index in [0.29, 0.717) is 0 Å². The van der Waals surface area contributed by atoms with Gasteiger partial charge >= 0.3 is 0 Å². The van der Waals surface area contributed by atoms with Gasteiger partial charge in [0.05, 0.1) is 4.92 Å². The van der Waals surface area contributed by atoms with E-state index in [1.807, 2.05) is 32.0 Å². The molecule has 1 aromatic heterocycles. The van der Waals surface area contributed by atoms with Gasteiger partial charge in [-0.25, -0.2) is 0 Å². The second kappa shape index (κ2) is 6.34. The number of nitrogens with one attached hydrogen (secondary N) is 1. The number of carbonyl (C=O) groups is 1. The average Bonchev–Trinajstić information content (AvgIpc) is 2.44. The quantitative estimate of drug-likeness (QED) is 0.535. The molecule has 0 atom stereocenters. The number of nitro groups is 1. The molecule has 1 heterocycles. The van der Waals surface area contributed by atoms with E-state index < -0.39 is 4.92 Å². The van der Waals surface area contributed by atoms with Crippen LogP contribution in [0.2, 0.25) is 0 Å². The molecule has 0 aliphatic heterocycles. The van der Waals surface area contributed by atoms with Crippen LogP contribution in [0.25, 0.3) is 0 Å². The Kier molecular flexibility index (Phi) is 4.50. The van der Waals surface area contributed by atoms with E-state index in [9.17, 15) is 14.9 Å². The third kappa shape index (κ3) is 3.46. The summed E-state index contributed by atoms with van der Waals surface area (Å²) >= 11 is 0. The Labute approximate surface area is 128 Å². The highest BCUT2D eigenvalue weighted by Gasteiger charge is 2.19. The lowest BCUT2D eigenvalue weighted by molar-refractivity contribution is -0.690. The van der Waals surface area contributed by atoms with Crippen molar-refractivity contribution in [1.82, 2.24) is 0 Å². The molecular weight excluding hydrogens is 282 g/mol. The second-order valence-corrected chi connectivity index (χ2v) is 5.23. The van der Waals surface area contributed by atoms with Crippen LogP contribution in [0.5, 0.6) is 0 Å². The zero-order chi connectivity index (χ0) is 16.3. The number of carbonyl (C=O) groups excluding carboxylic acids is 1. The average molecular weight is 300 g/mol. The van der Waals surface area contributed by atoms with Gasteiger partial charge in [0.15, 0.2) is 11.9 Å². The minimum atomic E-state index is -0.483. The van der Waals surface area contributed by atoms with Crippen LogP contribution >= 0.6 is 0 Å². The number of nitrogens with zero attached hydrogens (tertiary/aromatic N) is 2. The van der Waals surface area contributed by atoms with Gasteiger partial charge in [0.1, 0.15) is 5.69 Å². The summed E-state index contributed by atoms with van der Waals surface area (Å²) in [7, 11) is 0. The monoisotopic (exact) mass is 300 g/mol. The first-order chi connectivity index (χ1) is 10.4. The molecule has 114 valence electrons. The predicted octanol–water partition coefficient (Wildman–Crippen LogP) is 2.45. The molecule has 2 rings (SSSR count). The van der Waals surface area contributed by atoms with Gasteiger partial charge < -0.3 is 5.32 Å². The van der Waals surface area contributed by atoms with Crippen molar-refractivity contribution in [3.05, 3.63) is 63.5 Å². The highest BCUT2D eigenvalue weighted by molar-refractivity contribution is 5.92. The molecule has 0 aliphatic carbocycles. The summed E-state index contributed by atoms with van der Waals surface area (Å²) in [4.78, 5) is 22.8. The Morgan fingerprint density at radius 3 is 2.55 bits per heavy atom. The number of nitro benzene ring substituents is 1. The van der Waals surface area contributed by atoms with Crippen LogP contribution in [0.4, 0.5) is 11.4 Å². The summed E-state index contributed by atoms with van der Waals surface area (Å²) in [5, 5.41) is 13.8. The largest absolute Gasteiger partial charge is 0.315 e. The topological polar surface area (TPSA) is 76.1 Å². The molecule has 1 N–H and O–H groups in total. The Bertz CT molecular complexity index is 741. The molecule has 6 heteroatoms. The number of hydrogen-bond donors (Lipinski definition) is 1. The van der Waals surface area contributed by atoms with Crippen molar-refractivity contribution in [2.24, 2.45) is 0 Å². The van der Waals surface area contributed by atoms with Crippen molar-refractivity contribution in [2.75, 3.05) is 5.32 Å². The normalized spacial score (nSPS) is 10.3. The fourth-order valence-electron chi connectivity index (χ4n) is 2.14. The summed E-state index contributed by atoms with van der Waals surface area (Å²) in [6.45, 7) is 5.66. The van der Waals surface area contributed by atoms with Crippen molar-refractivity contribution in [2.45, 2.75) is 27.3 Å². The van der Waals surface area contributed by atoms with Crippen LogP contribution in [0, 0.1) is 30.9 Å². The minimum absolute atomic E-state index is 0.0915. The van der Waals surface area contributed by atoms with Gasteiger partial charge in [-0.1, -0.05) is 6.07 Å². The molecule has 0 fully saturated rings. The number of anilines is 1. The molecule has 0 saturated heterocycles. The number of rotatable bonds is 4. The van der Waals surface area contributed by atoms with Crippen LogP contribution in [0.3, 0.4) is 0 Å². The predicted molar refractivity (Wildman–Crippen MR) is 82.6 cm³/mol. The molecule has 6 nitrogen and oxygen atoms in total. The molecule has 0 saturated carbocycles. The van der Waals surface area contributed by atoms with Crippen LogP contribution in [0.1, 0.15) is 16.8 Å². The van der Waals surface area contributed by atoms with Crippen LogP contribution in [-0.2, 0) is 11.3 Å². The van der Waals surface area contributed by atoms with E-state index in [4.69, 9.17) is 0 Å². The standard InChI is InChI=1S/C16H17N3O3/c1-11-8-14(15(19(21)22)9-12(11)2)17-16(20)10-18-7-5-4-6-13(18)3/h4-9H,10H2,1-3H3/p+1. The Morgan fingerprint density at radius 1 is 1.23 bits per heavy atom. The molecular formula is C16H18N3O3+.